The van der Waals surface area contributed by atoms with E-state index in [-0.39, 0.29) is 0 Å². The third-order valence-electron chi connectivity index (χ3n) is 2.73. The van der Waals surface area contributed by atoms with Crippen molar-refractivity contribution >= 4 is 0 Å². The van der Waals surface area contributed by atoms with Crippen LogP contribution in [0.25, 0.3) is 0 Å². The van der Waals surface area contributed by atoms with E-state index in [1.165, 1.54) is 0 Å². The molecule has 154 valence electrons. The van der Waals surface area contributed by atoms with E-state index in [2.05, 4.69) is 0 Å². The molecule has 2 nitrogen and oxygen atoms in total. The molecule has 1 aliphatic heterocycles. The number of halogens is 16. The van der Waals surface area contributed by atoms with Crippen molar-refractivity contribution in [1.29, 1.82) is 0 Å². The van der Waals surface area contributed by atoms with Crippen molar-refractivity contribution in [2.75, 3.05) is 0 Å². The lowest BCUT2D eigenvalue weighted by Crippen LogP contribution is -2.82. The Morgan fingerprint density at radius 2 is 0.885 bits per heavy atom. The quantitative estimate of drug-likeness (QED) is 0.421. The zero-order chi connectivity index (χ0) is 21.3. The van der Waals surface area contributed by atoms with Crippen molar-refractivity contribution < 1.29 is 70.2 Å². The minimum Gasteiger partial charge on any atom is -0.212 e. The molecule has 0 aromatic heterocycles. The Bertz CT molecular complexity index is 568. The van der Waals surface area contributed by atoms with Gasteiger partial charge in [-0.2, -0.15) is 70.2 Å². The highest BCUT2D eigenvalue weighted by atomic mass is 19.4. The first-order valence-corrected chi connectivity index (χ1v) is 5.37. The van der Waals surface area contributed by atoms with Gasteiger partial charge in [-0.15, -0.1) is 0 Å². The lowest BCUT2D eigenvalue weighted by atomic mass is 10.1. The maximum Gasteiger partial charge on any atom is 0.470 e. The van der Waals surface area contributed by atoms with Crippen LogP contribution in [0.2, 0.25) is 0 Å². The van der Waals surface area contributed by atoms with E-state index in [0.717, 1.165) is 0 Å². The van der Waals surface area contributed by atoms with Gasteiger partial charge in [0.15, 0.2) is 0 Å². The van der Waals surface area contributed by atoms with E-state index in [0.29, 0.717) is 0 Å². The smallest absolute Gasteiger partial charge is 0.212 e. The monoisotopic (exact) mass is 428 g/mol. The highest BCUT2D eigenvalue weighted by molar-refractivity contribution is 5.15. The summed E-state index contributed by atoms with van der Waals surface area (Å²) in [6.45, 7) is 0. The highest BCUT2D eigenvalue weighted by Gasteiger charge is 2.90. The molecule has 1 fully saturated rings. The molecule has 0 amide bonds. The molecule has 18 heteroatoms. The summed E-state index contributed by atoms with van der Waals surface area (Å²) in [6, 6.07) is -29.7. The van der Waals surface area contributed by atoms with Crippen LogP contribution in [0.4, 0.5) is 70.2 Å². The van der Waals surface area contributed by atoms with Gasteiger partial charge in [0.25, 0.3) is 5.83 Å². The van der Waals surface area contributed by atoms with Gasteiger partial charge in [0.2, 0.25) is 5.95 Å². The summed E-state index contributed by atoms with van der Waals surface area (Å²) in [6.07, 6.45) is -14.1. The maximum atomic E-state index is 13.3. The molecular formula is C8F16N2. The van der Waals surface area contributed by atoms with Gasteiger partial charge in [0, 0.05) is 0 Å². The first-order chi connectivity index (χ1) is 11.1. The molecule has 0 aliphatic carbocycles. The summed E-state index contributed by atoms with van der Waals surface area (Å²) in [5, 5.41) is 0. The minimum atomic E-state index is -7.46. The first-order valence-electron chi connectivity index (χ1n) is 5.37. The van der Waals surface area contributed by atoms with Crippen LogP contribution in [-0.4, -0.2) is 46.5 Å². The molecule has 1 saturated heterocycles. The summed E-state index contributed by atoms with van der Waals surface area (Å²) >= 11 is 0. The van der Waals surface area contributed by atoms with Crippen molar-refractivity contribution in [3.8, 4) is 0 Å². The van der Waals surface area contributed by atoms with E-state index in [1.54, 1.807) is 0 Å². The van der Waals surface area contributed by atoms with Gasteiger partial charge >= 0.3 is 36.7 Å². The van der Waals surface area contributed by atoms with Crippen LogP contribution in [0.5, 0.6) is 0 Å². The molecule has 0 spiro atoms. The van der Waals surface area contributed by atoms with Gasteiger partial charge in [-0.25, -0.2) is 4.90 Å². The van der Waals surface area contributed by atoms with Crippen LogP contribution in [0.1, 0.15) is 0 Å². The average molecular weight is 428 g/mol. The molecular weight excluding hydrogens is 428 g/mol. The molecule has 1 aliphatic rings. The molecule has 0 unspecified atom stereocenters. The second-order valence-corrected chi connectivity index (χ2v) is 4.41. The number of hydrogen-bond donors (Lipinski definition) is 0. The van der Waals surface area contributed by atoms with E-state index < -0.39 is 58.2 Å². The van der Waals surface area contributed by atoms with Crippen molar-refractivity contribution in [3.63, 3.8) is 0 Å². The Kier molecular flexibility index (Phi) is 4.69. The van der Waals surface area contributed by atoms with Crippen LogP contribution in [0, 0.1) is 0 Å². The number of piperazine rings is 1. The van der Waals surface area contributed by atoms with Gasteiger partial charge in [0.05, 0.1) is 0 Å². The van der Waals surface area contributed by atoms with Crippen LogP contribution < -0.4 is 0 Å². The second kappa shape index (κ2) is 5.44. The molecule has 0 aromatic rings. The fourth-order valence-electron chi connectivity index (χ4n) is 1.67. The Morgan fingerprint density at radius 3 is 1.12 bits per heavy atom. The van der Waals surface area contributed by atoms with E-state index in [1.807, 2.05) is 0 Å². The predicted molar refractivity (Wildman–Crippen MR) is 44.8 cm³/mol. The Hall–Kier alpha value is -1.62. The number of nitrogens with zero attached hydrogens (tertiary/aromatic N) is 2. The van der Waals surface area contributed by atoms with Gasteiger partial charge in [-0.3, -0.25) is 0 Å². The minimum absolute atomic E-state index is 3.69. The number of alkyl halides is 14. The fraction of sp³-hybridized carbons (Fsp3) is 0.750. The molecule has 1 heterocycles. The van der Waals surface area contributed by atoms with Crippen molar-refractivity contribution in [3.05, 3.63) is 11.8 Å². The molecule has 0 atom stereocenters. The standard InChI is InChI=1S/C8F16N2/c9-1(3(11,12)13)2(10)25-4(14,15)6(18,19)26(8(22,23)24)7(20,21)5(25,16)17. The lowest BCUT2D eigenvalue weighted by molar-refractivity contribution is -0.547. The molecule has 26 heavy (non-hydrogen) atoms. The van der Waals surface area contributed by atoms with E-state index >= 15 is 0 Å². The average Bonchev–Trinajstić information content (AvgIpc) is 2.31. The molecule has 1 rings (SSSR count). The van der Waals surface area contributed by atoms with Crippen molar-refractivity contribution in [1.82, 2.24) is 9.80 Å². The Balaban J connectivity index is 3.88. The van der Waals surface area contributed by atoms with E-state index in [9.17, 15) is 70.2 Å². The first kappa shape index (κ1) is 22.4. The van der Waals surface area contributed by atoms with Crippen LogP contribution >= 0.6 is 0 Å². The van der Waals surface area contributed by atoms with Crippen LogP contribution in [0.3, 0.4) is 0 Å². The van der Waals surface area contributed by atoms with Crippen molar-refractivity contribution in [2.24, 2.45) is 0 Å². The van der Waals surface area contributed by atoms with Gasteiger partial charge in [-0.05, 0) is 0 Å². The topological polar surface area (TPSA) is 6.48 Å². The number of allylic oxidation sites excluding steroid dienone is 1. The Labute approximate surface area is 130 Å². The summed E-state index contributed by atoms with van der Waals surface area (Å²) < 4.78 is 204. The maximum absolute atomic E-state index is 13.3. The zero-order valence-corrected chi connectivity index (χ0v) is 10.9. The zero-order valence-electron chi connectivity index (χ0n) is 10.9. The second-order valence-electron chi connectivity index (χ2n) is 4.41. The number of rotatable bonds is 1. The van der Waals surface area contributed by atoms with Crippen molar-refractivity contribution in [2.45, 2.75) is 36.7 Å². The third kappa shape index (κ3) is 2.81. The third-order valence-corrected chi connectivity index (χ3v) is 2.73. The number of hydrogen-bond acceptors (Lipinski definition) is 2. The summed E-state index contributed by atoms with van der Waals surface area (Å²) in [4.78, 5) is -7.66. The van der Waals surface area contributed by atoms with E-state index in [4.69, 9.17) is 0 Å². The highest BCUT2D eigenvalue weighted by Crippen LogP contribution is 2.62. The summed E-state index contributed by atoms with van der Waals surface area (Å²) in [5.41, 5.74) is 0. The normalized spacial score (nSPS) is 26.5. The SMILES string of the molecule is FC(=C(F)C(F)(F)F)N1C(F)(F)C(F)(F)N(C(F)(F)F)C(F)(F)C1(F)F. The molecule has 0 saturated carbocycles. The van der Waals surface area contributed by atoms with Crippen LogP contribution in [0.15, 0.2) is 11.8 Å². The largest absolute Gasteiger partial charge is 0.470 e. The molecule has 0 N–H and O–H groups in total. The summed E-state index contributed by atoms with van der Waals surface area (Å²) in [7, 11) is 0. The van der Waals surface area contributed by atoms with Crippen LogP contribution in [-0.2, 0) is 0 Å². The lowest BCUT2D eigenvalue weighted by Gasteiger charge is -2.53. The summed E-state index contributed by atoms with van der Waals surface area (Å²) in [5.74, 6) is -9.28. The van der Waals surface area contributed by atoms with Gasteiger partial charge in [-0.1, -0.05) is 4.90 Å². The molecule has 0 bridgehead atoms. The predicted octanol–water partition coefficient (Wildman–Crippen LogP) is 5.17. The molecule has 0 aromatic carbocycles. The Morgan fingerprint density at radius 1 is 0.577 bits per heavy atom. The molecule has 0 radical (unpaired) electrons. The van der Waals surface area contributed by atoms with Gasteiger partial charge < -0.3 is 0 Å². The van der Waals surface area contributed by atoms with Gasteiger partial charge in [0.1, 0.15) is 0 Å². The fourth-order valence-corrected chi connectivity index (χ4v) is 1.67.